The van der Waals surface area contributed by atoms with Crippen molar-refractivity contribution in [3.8, 4) is 6.07 Å². The zero-order valence-electron chi connectivity index (χ0n) is 16.6. The highest BCUT2D eigenvalue weighted by atomic mass is 19.4. The molecule has 2 fully saturated rings. The Balaban J connectivity index is 1.75. The van der Waals surface area contributed by atoms with E-state index < -0.39 is 29.3 Å². The first-order chi connectivity index (χ1) is 14.1. The number of piperidine rings is 1. The van der Waals surface area contributed by atoms with E-state index in [0.717, 1.165) is 6.07 Å². The maximum atomic E-state index is 13.3. The van der Waals surface area contributed by atoms with Crippen molar-refractivity contribution in [2.45, 2.75) is 38.4 Å². The minimum Gasteiger partial charge on any atom is -0.371 e. The number of likely N-dealkylation sites (tertiary alicyclic amines) is 1. The van der Waals surface area contributed by atoms with Gasteiger partial charge in [-0.2, -0.15) is 18.4 Å². The van der Waals surface area contributed by atoms with Crippen molar-refractivity contribution in [2.24, 2.45) is 11.1 Å². The second kappa shape index (κ2) is 8.05. The number of nitrogens with zero attached hydrogens (tertiary/aromatic N) is 3. The smallest absolute Gasteiger partial charge is 0.371 e. The van der Waals surface area contributed by atoms with E-state index in [2.05, 4.69) is 5.32 Å². The van der Waals surface area contributed by atoms with Gasteiger partial charge in [-0.1, -0.05) is 0 Å². The zero-order chi connectivity index (χ0) is 22.1. The Labute approximate surface area is 172 Å². The van der Waals surface area contributed by atoms with Crippen LogP contribution in [0.15, 0.2) is 18.2 Å². The van der Waals surface area contributed by atoms with Gasteiger partial charge in [-0.05, 0) is 49.8 Å². The molecule has 0 saturated carbocycles. The van der Waals surface area contributed by atoms with E-state index in [1.165, 1.54) is 17.0 Å². The lowest BCUT2D eigenvalue weighted by Crippen LogP contribution is -2.48. The van der Waals surface area contributed by atoms with Crippen LogP contribution in [-0.2, 0) is 11.0 Å². The third-order valence-corrected chi connectivity index (χ3v) is 6.04. The Morgan fingerprint density at radius 1 is 1.33 bits per heavy atom. The molecule has 10 heteroatoms. The fourth-order valence-electron chi connectivity index (χ4n) is 4.44. The van der Waals surface area contributed by atoms with Crippen molar-refractivity contribution in [1.82, 2.24) is 10.2 Å². The number of carbonyl (C=O) groups excluding carboxylic acids is 2. The first-order valence-electron chi connectivity index (χ1n) is 9.80. The molecule has 1 unspecified atom stereocenters. The summed E-state index contributed by atoms with van der Waals surface area (Å²) in [5.74, 6) is -0.553. The van der Waals surface area contributed by atoms with Crippen LogP contribution in [0.25, 0.3) is 0 Å². The molecule has 7 nitrogen and oxygen atoms in total. The maximum absolute atomic E-state index is 13.3. The van der Waals surface area contributed by atoms with Gasteiger partial charge in [0.15, 0.2) is 0 Å². The largest absolute Gasteiger partial charge is 0.417 e. The average Bonchev–Trinajstić information content (AvgIpc) is 3.07. The van der Waals surface area contributed by atoms with Crippen LogP contribution in [0.1, 0.15) is 37.3 Å². The Kier molecular flexibility index (Phi) is 5.83. The van der Waals surface area contributed by atoms with Crippen LogP contribution < -0.4 is 16.0 Å². The molecule has 3 amide bonds. The van der Waals surface area contributed by atoms with Crippen LogP contribution in [0.5, 0.6) is 0 Å². The normalized spacial score (nSPS) is 20.8. The molecular weight excluding hydrogens is 399 g/mol. The summed E-state index contributed by atoms with van der Waals surface area (Å²) in [6, 6.07) is 4.30. The van der Waals surface area contributed by atoms with Crippen LogP contribution in [0.4, 0.5) is 23.7 Å². The van der Waals surface area contributed by atoms with E-state index in [-0.39, 0.29) is 11.4 Å². The fraction of sp³-hybridized carbons (Fsp3) is 0.550. The number of urea groups is 1. The summed E-state index contributed by atoms with van der Waals surface area (Å²) in [4.78, 5) is 27.5. The summed E-state index contributed by atoms with van der Waals surface area (Å²) in [7, 11) is 0. The van der Waals surface area contributed by atoms with Crippen molar-refractivity contribution in [1.29, 1.82) is 5.26 Å². The van der Waals surface area contributed by atoms with Crippen LogP contribution in [0, 0.1) is 16.7 Å². The number of amides is 3. The summed E-state index contributed by atoms with van der Waals surface area (Å²) in [6.07, 6.45) is -2.91. The van der Waals surface area contributed by atoms with Gasteiger partial charge in [0.2, 0.25) is 5.91 Å². The van der Waals surface area contributed by atoms with Gasteiger partial charge in [-0.15, -0.1) is 0 Å². The van der Waals surface area contributed by atoms with Gasteiger partial charge < -0.3 is 20.9 Å². The molecule has 3 rings (SSSR count). The van der Waals surface area contributed by atoms with E-state index in [0.29, 0.717) is 51.1 Å². The Hall–Kier alpha value is -2.96. The number of rotatable bonds is 3. The first-order valence-corrected chi connectivity index (χ1v) is 9.80. The van der Waals surface area contributed by atoms with E-state index in [1.807, 2.05) is 4.90 Å². The fourth-order valence-corrected chi connectivity index (χ4v) is 4.44. The molecule has 0 radical (unpaired) electrons. The lowest BCUT2D eigenvalue weighted by molar-refractivity contribution is -0.137. The maximum Gasteiger partial charge on any atom is 0.417 e. The van der Waals surface area contributed by atoms with Gasteiger partial charge in [-0.25, -0.2) is 4.79 Å². The Morgan fingerprint density at radius 3 is 2.53 bits per heavy atom. The van der Waals surface area contributed by atoms with Crippen LogP contribution in [0.2, 0.25) is 0 Å². The molecule has 30 heavy (non-hydrogen) atoms. The second-order valence-corrected chi connectivity index (χ2v) is 7.91. The van der Waals surface area contributed by atoms with Crippen molar-refractivity contribution in [3.63, 3.8) is 0 Å². The molecule has 1 spiro atoms. The average molecular weight is 423 g/mol. The number of halogens is 3. The quantitative estimate of drug-likeness (QED) is 0.780. The van der Waals surface area contributed by atoms with Gasteiger partial charge >= 0.3 is 12.2 Å². The van der Waals surface area contributed by atoms with Crippen molar-refractivity contribution < 1.29 is 22.8 Å². The minimum atomic E-state index is -4.61. The topological polar surface area (TPSA) is 102 Å². The van der Waals surface area contributed by atoms with Gasteiger partial charge in [0, 0.05) is 31.9 Å². The number of hydrogen-bond acceptors (Lipinski definition) is 4. The number of benzene rings is 1. The molecule has 0 bridgehead atoms. The number of anilines is 1. The monoisotopic (exact) mass is 423 g/mol. The number of primary amides is 1. The first kappa shape index (κ1) is 21.7. The van der Waals surface area contributed by atoms with Crippen LogP contribution >= 0.6 is 0 Å². The van der Waals surface area contributed by atoms with Crippen LogP contribution in [0.3, 0.4) is 0 Å². The van der Waals surface area contributed by atoms with Gasteiger partial charge in [0.05, 0.1) is 17.2 Å². The molecule has 1 atom stereocenters. The van der Waals surface area contributed by atoms with Crippen molar-refractivity contribution in [3.05, 3.63) is 29.3 Å². The third-order valence-electron chi connectivity index (χ3n) is 6.04. The lowest BCUT2D eigenvalue weighted by atomic mass is 9.76. The molecular formula is C20H24F3N5O2. The molecule has 1 aromatic carbocycles. The summed E-state index contributed by atoms with van der Waals surface area (Å²) in [6.45, 7) is 3.58. The molecule has 2 heterocycles. The highest BCUT2D eigenvalue weighted by Gasteiger charge is 2.49. The number of nitriles is 1. The molecule has 3 N–H and O–H groups in total. The molecule has 1 aromatic rings. The van der Waals surface area contributed by atoms with E-state index >= 15 is 0 Å². The van der Waals surface area contributed by atoms with Crippen molar-refractivity contribution >= 4 is 17.6 Å². The van der Waals surface area contributed by atoms with Crippen molar-refractivity contribution in [2.75, 3.05) is 31.1 Å². The number of hydrogen-bond donors (Lipinski definition) is 2. The molecule has 0 aromatic heterocycles. The predicted octanol–water partition coefficient (Wildman–Crippen LogP) is 2.45. The number of carbonyl (C=O) groups is 2. The lowest BCUT2D eigenvalue weighted by Gasteiger charge is -2.40. The Morgan fingerprint density at radius 2 is 2.00 bits per heavy atom. The number of nitrogens with two attached hydrogens (primary N) is 1. The molecule has 0 aliphatic carbocycles. The standard InChI is InChI=1S/C20H24F3N5O2/c1-2-26-18(30)28-12-19(10-16(28)17(25)29)5-7-27(8-6-19)14-4-3-13(11-24)15(9-14)20(21,22)23/h3-4,9,16H,2,5-8,10,12H2,1H3,(H2,25,29)(H,26,30). The van der Waals surface area contributed by atoms with Gasteiger partial charge in [-0.3, -0.25) is 4.79 Å². The molecule has 2 aliphatic heterocycles. The second-order valence-electron chi connectivity index (χ2n) is 7.91. The van der Waals surface area contributed by atoms with E-state index in [4.69, 9.17) is 11.0 Å². The zero-order valence-corrected chi connectivity index (χ0v) is 16.6. The predicted molar refractivity (Wildman–Crippen MR) is 103 cm³/mol. The molecule has 2 saturated heterocycles. The third kappa shape index (κ3) is 4.15. The van der Waals surface area contributed by atoms with Gasteiger partial charge in [0.25, 0.3) is 0 Å². The summed E-state index contributed by atoms with van der Waals surface area (Å²) in [5, 5.41) is 11.7. The van der Waals surface area contributed by atoms with E-state index in [1.54, 1.807) is 13.0 Å². The number of alkyl halides is 3. The van der Waals surface area contributed by atoms with Crippen LogP contribution in [-0.4, -0.2) is 49.1 Å². The summed E-state index contributed by atoms with van der Waals surface area (Å²) < 4.78 is 39.8. The highest BCUT2D eigenvalue weighted by molar-refractivity contribution is 5.86. The highest BCUT2D eigenvalue weighted by Crippen LogP contribution is 2.44. The van der Waals surface area contributed by atoms with Gasteiger partial charge in [0.1, 0.15) is 6.04 Å². The molecule has 2 aliphatic rings. The number of nitrogens with one attached hydrogen (secondary N) is 1. The Bertz CT molecular complexity index is 872. The molecule has 162 valence electrons. The summed E-state index contributed by atoms with van der Waals surface area (Å²) >= 11 is 0. The summed E-state index contributed by atoms with van der Waals surface area (Å²) in [5.41, 5.74) is 4.27. The van der Waals surface area contributed by atoms with E-state index in [9.17, 15) is 22.8 Å². The minimum absolute atomic E-state index is 0.291. The SMILES string of the molecule is CCNC(=O)N1CC2(CCN(c3ccc(C#N)c(C(F)(F)F)c3)CC2)CC1C(N)=O.